The fraction of sp³-hybridized carbons (Fsp3) is 0.200. The van der Waals surface area contributed by atoms with Gasteiger partial charge in [-0.3, -0.25) is 0 Å². The summed E-state index contributed by atoms with van der Waals surface area (Å²) in [6.07, 6.45) is 0. The van der Waals surface area contributed by atoms with E-state index in [1.807, 2.05) is 18.2 Å². The molecule has 19 heavy (non-hydrogen) atoms. The van der Waals surface area contributed by atoms with Crippen LogP contribution < -0.4 is 10.1 Å². The lowest BCUT2D eigenvalue weighted by molar-refractivity contribution is 0.373. The molecule has 0 aromatic heterocycles. The van der Waals surface area contributed by atoms with Crippen molar-refractivity contribution in [3.8, 4) is 11.5 Å². The number of phenolic OH excluding ortho intramolecular Hbond substituents is 1. The summed E-state index contributed by atoms with van der Waals surface area (Å²) < 4.78 is 6.08. The van der Waals surface area contributed by atoms with Crippen LogP contribution in [0.25, 0.3) is 0 Å². The number of benzene rings is 2. The topological polar surface area (TPSA) is 41.5 Å². The number of methoxy groups -OCH3 is 1. The van der Waals surface area contributed by atoms with E-state index in [1.54, 1.807) is 12.1 Å². The van der Waals surface area contributed by atoms with E-state index < -0.39 is 0 Å². The Morgan fingerprint density at radius 2 is 2.05 bits per heavy atom. The Hall–Kier alpha value is -1.68. The maximum Gasteiger partial charge on any atom is 0.160 e. The zero-order valence-corrected chi connectivity index (χ0v) is 12.5. The first-order valence-electron chi connectivity index (χ1n) is 5.96. The predicted octanol–water partition coefficient (Wildman–Crippen LogP) is 4.08. The SMILES string of the molecule is COc1ccc(CNc2cccc(C)c2Br)cc1O. The molecule has 0 radical (unpaired) electrons. The van der Waals surface area contributed by atoms with E-state index in [0.717, 1.165) is 15.7 Å². The van der Waals surface area contributed by atoms with Gasteiger partial charge in [0.15, 0.2) is 11.5 Å². The molecule has 0 aliphatic rings. The van der Waals surface area contributed by atoms with Gasteiger partial charge >= 0.3 is 0 Å². The number of halogens is 1. The van der Waals surface area contributed by atoms with Crippen molar-refractivity contribution in [1.29, 1.82) is 0 Å². The van der Waals surface area contributed by atoms with Crippen LogP contribution in [0.15, 0.2) is 40.9 Å². The monoisotopic (exact) mass is 321 g/mol. The molecular weight excluding hydrogens is 306 g/mol. The van der Waals surface area contributed by atoms with Gasteiger partial charge in [0.05, 0.1) is 7.11 Å². The van der Waals surface area contributed by atoms with Gasteiger partial charge in [0.25, 0.3) is 0 Å². The maximum absolute atomic E-state index is 9.73. The van der Waals surface area contributed by atoms with Gasteiger partial charge in [-0.05, 0) is 52.2 Å². The average molecular weight is 322 g/mol. The lowest BCUT2D eigenvalue weighted by Crippen LogP contribution is -2.00. The Kier molecular flexibility index (Phi) is 4.32. The van der Waals surface area contributed by atoms with Crippen LogP contribution in [0.4, 0.5) is 5.69 Å². The largest absolute Gasteiger partial charge is 0.504 e. The summed E-state index contributed by atoms with van der Waals surface area (Å²) in [4.78, 5) is 0. The fourth-order valence-corrected chi connectivity index (χ4v) is 2.23. The molecule has 0 atom stereocenters. The Morgan fingerprint density at radius 1 is 1.26 bits per heavy atom. The van der Waals surface area contributed by atoms with Gasteiger partial charge in [0.1, 0.15) is 0 Å². The molecule has 4 heteroatoms. The van der Waals surface area contributed by atoms with Crippen molar-refractivity contribution in [2.24, 2.45) is 0 Å². The smallest absolute Gasteiger partial charge is 0.160 e. The minimum absolute atomic E-state index is 0.158. The standard InChI is InChI=1S/C15H16BrNO2/c1-10-4-3-5-12(15(10)16)17-9-11-6-7-14(19-2)13(18)8-11/h3-8,17-18H,9H2,1-2H3. The van der Waals surface area contributed by atoms with Gasteiger partial charge in [-0.25, -0.2) is 0 Å². The molecule has 0 aliphatic heterocycles. The molecule has 3 nitrogen and oxygen atoms in total. The molecule has 2 rings (SSSR count). The van der Waals surface area contributed by atoms with Gasteiger partial charge < -0.3 is 15.2 Å². The van der Waals surface area contributed by atoms with E-state index in [0.29, 0.717) is 12.3 Å². The molecule has 0 saturated heterocycles. The molecule has 0 fully saturated rings. The second kappa shape index (κ2) is 5.97. The van der Waals surface area contributed by atoms with E-state index in [9.17, 15) is 5.11 Å². The zero-order valence-electron chi connectivity index (χ0n) is 10.9. The van der Waals surface area contributed by atoms with Crippen LogP contribution in [0, 0.1) is 6.92 Å². The highest BCUT2D eigenvalue weighted by atomic mass is 79.9. The molecule has 2 aromatic rings. The Bertz CT molecular complexity index is 584. The summed E-state index contributed by atoms with van der Waals surface area (Å²) in [7, 11) is 1.54. The number of anilines is 1. The molecule has 100 valence electrons. The second-order valence-corrected chi connectivity index (χ2v) is 5.09. The number of hydrogen-bond donors (Lipinski definition) is 2. The maximum atomic E-state index is 9.73. The van der Waals surface area contributed by atoms with Crippen molar-refractivity contribution < 1.29 is 9.84 Å². The van der Waals surface area contributed by atoms with Crippen molar-refractivity contribution in [3.05, 3.63) is 52.0 Å². The van der Waals surface area contributed by atoms with Crippen molar-refractivity contribution >= 4 is 21.6 Å². The fourth-order valence-electron chi connectivity index (χ4n) is 1.83. The predicted molar refractivity (Wildman–Crippen MR) is 80.9 cm³/mol. The number of phenols is 1. The van der Waals surface area contributed by atoms with E-state index in [2.05, 4.69) is 34.2 Å². The quantitative estimate of drug-likeness (QED) is 0.891. The van der Waals surface area contributed by atoms with Crippen LogP contribution in [0.3, 0.4) is 0 Å². The summed E-state index contributed by atoms with van der Waals surface area (Å²) in [5.41, 5.74) is 3.21. The van der Waals surface area contributed by atoms with E-state index >= 15 is 0 Å². The number of nitrogens with one attached hydrogen (secondary N) is 1. The van der Waals surface area contributed by atoms with E-state index in [1.165, 1.54) is 12.7 Å². The normalized spacial score (nSPS) is 10.3. The summed E-state index contributed by atoms with van der Waals surface area (Å²) in [6.45, 7) is 2.69. The molecule has 0 amide bonds. The first-order chi connectivity index (χ1) is 9.11. The van der Waals surface area contributed by atoms with Crippen molar-refractivity contribution in [2.75, 3.05) is 12.4 Å². The summed E-state index contributed by atoms with van der Waals surface area (Å²) in [6, 6.07) is 11.5. The van der Waals surface area contributed by atoms with Crippen molar-refractivity contribution in [1.82, 2.24) is 0 Å². The molecule has 0 unspecified atom stereocenters. The average Bonchev–Trinajstić information content (AvgIpc) is 2.40. The molecule has 2 aromatic carbocycles. The third-order valence-corrected chi connectivity index (χ3v) is 3.97. The molecule has 0 aliphatic carbocycles. The van der Waals surface area contributed by atoms with Crippen LogP contribution in [-0.2, 0) is 6.54 Å². The minimum atomic E-state index is 0.158. The van der Waals surface area contributed by atoms with Crippen LogP contribution in [0.2, 0.25) is 0 Å². The van der Waals surface area contributed by atoms with E-state index in [-0.39, 0.29) is 5.75 Å². The van der Waals surface area contributed by atoms with Crippen molar-refractivity contribution in [2.45, 2.75) is 13.5 Å². The molecule has 0 saturated carbocycles. The van der Waals surface area contributed by atoms with Crippen LogP contribution in [0.1, 0.15) is 11.1 Å². The van der Waals surface area contributed by atoms with Crippen molar-refractivity contribution in [3.63, 3.8) is 0 Å². The molecule has 0 heterocycles. The Labute approximate surface area is 121 Å². The minimum Gasteiger partial charge on any atom is -0.504 e. The summed E-state index contributed by atoms with van der Waals surface area (Å²) in [5, 5.41) is 13.1. The summed E-state index contributed by atoms with van der Waals surface area (Å²) in [5.74, 6) is 0.644. The van der Waals surface area contributed by atoms with Crippen LogP contribution in [0.5, 0.6) is 11.5 Å². The van der Waals surface area contributed by atoms with E-state index in [4.69, 9.17) is 4.74 Å². The highest BCUT2D eigenvalue weighted by molar-refractivity contribution is 9.10. The lowest BCUT2D eigenvalue weighted by Gasteiger charge is -2.11. The van der Waals surface area contributed by atoms with Crippen LogP contribution >= 0.6 is 15.9 Å². The molecule has 0 spiro atoms. The highest BCUT2D eigenvalue weighted by Gasteiger charge is 2.04. The Morgan fingerprint density at radius 3 is 2.74 bits per heavy atom. The van der Waals surface area contributed by atoms with Gasteiger partial charge in [0, 0.05) is 16.7 Å². The summed E-state index contributed by atoms with van der Waals surface area (Å²) >= 11 is 3.56. The number of aromatic hydroxyl groups is 1. The number of rotatable bonds is 4. The van der Waals surface area contributed by atoms with Crippen LogP contribution in [-0.4, -0.2) is 12.2 Å². The second-order valence-electron chi connectivity index (χ2n) is 4.30. The molecule has 0 bridgehead atoms. The van der Waals surface area contributed by atoms with Gasteiger partial charge in [-0.2, -0.15) is 0 Å². The number of hydrogen-bond acceptors (Lipinski definition) is 3. The zero-order chi connectivity index (χ0) is 13.8. The third kappa shape index (κ3) is 3.20. The number of ether oxygens (including phenoxy) is 1. The first-order valence-corrected chi connectivity index (χ1v) is 6.76. The molecular formula is C15H16BrNO2. The van der Waals surface area contributed by atoms with Gasteiger partial charge in [-0.1, -0.05) is 18.2 Å². The van der Waals surface area contributed by atoms with Gasteiger partial charge in [-0.15, -0.1) is 0 Å². The van der Waals surface area contributed by atoms with Gasteiger partial charge in [0.2, 0.25) is 0 Å². The molecule has 2 N–H and O–H groups in total. The Balaban J connectivity index is 2.10. The number of aryl methyl sites for hydroxylation is 1. The first kappa shape index (κ1) is 13.7. The lowest BCUT2D eigenvalue weighted by atomic mass is 10.2. The highest BCUT2D eigenvalue weighted by Crippen LogP contribution is 2.28. The third-order valence-electron chi connectivity index (χ3n) is 2.92.